The van der Waals surface area contributed by atoms with E-state index in [0.29, 0.717) is 18.7 Å². The molecule has 1 heterocycles. The highest BCUT2D eigenvalue weighted by molar-refractivity contribution is 6.04. The number of likely N-dealkylation sites (tertiary alicyclic amines) is 1. The summed E-state index contributed by atoms with van der Waals surface area (Å²) in [6, 6.07) is 12.9. The summed E-state index contributed by atoms with van der Waals surface area (Å²) in [6.45, 7) is -1.70. The Bertz CT molecular complexity index is 826. The summed E-state index contributed by atoms with van der Waals surface area (Å²) in [5.41, 5.74) is 1.70. The maximum absolute atomic E-state index is 12.4. The van der Waals surface area contributed by atoms with Crippen LogP contribution in [0.4, 0.5) is 14.5 Å². The van der Waals surface area contributed by atoms with Crippen molar-refractivity contribution >= 4 is 17.5 Å². The van der Waals surface area contributed by atoms with Crippen LogP contribution >= 0.6 is 0 Å². The van der Waals surface area contributed by atoms with Gasteiger partial charge in [-0.25, -0.2) is 0 Å². The van der Waals surface area contributed by atoms with E-state index in [1.165, 1.54) is 24.3 Å². The highest BCUT2D eigenvalue weighted by Crippen LogP contribution is 2.19. The second-order valence-corrected chi connectivity index (χ2v) is 6.33. The Balaban J connectivity index is 1.67. The molecule has 142 valence electrons. The number of anilines is 1. The van der Waals surface area contributed by atoms with Gasteiger partial charge >= 0.3 is 6.61 Å². The number of nitrogens with one attached hydrogen (secondary N) is 1. The quantitative estimate of drug-likeness (QED) is 0.830. The molecule has 0 atom stereocenters. The van der Waals surface area contributed by atoms with Crippen molar-refractivity contribution in [2.24, 2.45) is 0 Å². The Labute approximate surface area is 155 Å². The van der Waals surface area contributed by atoms with Crippen LogP contribution in [-0.2, 0) is 11.3 Å². The summed E-state index contributed by atoms with van der Waals surface area (Å²) in [4.78, 5) is 26.1. The van der Waals surface area contributed by atoms with Gasteiger partial charge in [0.25, 0.3) is 5.91 Å². The molecule has 1 aliphatic heterocycles. The van der Waals surface area contributed by atoms with Gasteiger partial charge in [-0.05, 0) is 48.7 Å². The SMILES string of the molecule is O=C(Nc1cccc(CN2CCCCC2=O)c1)c1cccc(OC(F)F)c1. The fourth-order valence-corrected chi connectivity index (χ4v) is 3.01. The first-order valence-corrected chi connectivity index (χ1v) is 8.74. The molecule has 0 spiro atoms. The maximum Gasteiger partial charge on any atom is 0.387 e. The van der Waals surface area contributed by atoms with Crippen LogP contribution in [0, 0.1) is 0 Å². The molecule has 0 radical (unpaired) electrons. The zero-order chi connectivity index (χ0) is 19.2. The number of benzene rings is 2. The molecule has 2 amide bonds. The van der Waals surface area contributed by atoms with E-state index in [1.54, 1.807) is 18.2 Å². The van der Waals surface area contributed by atoms with Crippen LogP contribution in [-0.4, -0.2) is 29.9 Å². The molecule has 0 bridgehead atoms. The third-order valence-corrected chi connectivity index (χ3v) is 4.30. The highest BCUT2D eigenvalue weighted by atomic mass is 19.3. The monoisotopic (exact) mass is 374 g/mol. The van der Waals surface area contributed by atoms with Crippen molar-refractivity contribution in [1.29, 1.82) is 0 Å². The van der Waals surface area contributed by atoms with Gasteiger partial charge in [0.15, 0.2) is 0 Å². The maximum atomic E-state index is 12.4. The molecule has 0 unspecified atom stereocenters. The van der Waals surface area contributed by atoms with E-state index in [4.69, 9.17) is 0 Å². The van der Waals surface area contributed by atoms with E-state index in [1.807, 2.05) is 11.0 Å². The molecule has 0 aliphatic carbocycles. The molecule has 7 heteroatoms. The average molecular weight is 374 g/mol. The number of ether oxygens (including phenoxy) is 1. The third-order valence-electron chi connectivity index (χ3n) is 4.30. The van der Waals surface area contributed by atoms with Crippen molar-refractivity contribution in [2.75, 3.05) is 11.9 Å². The molecule has 2 aromatic rings. The van der Waals surface area contributed by atoms with Crippen LogP contribution in [0.5, 0.6) is 5.75 Å². The molecule has 5 nitrogen and oxygen atoms in total. The van der Waals surface area contributed by atoms with E-state index in [9.17, 15) is 18.4 Å². The van der Waals surface area contributed by atoms with Gasteiger partial charge in [0, 0.05) is 30.8 Å². The number of carbonyl (C=O) groups excluding carboxylic acids is 2. The lowest BCUT2D eigenvalue weighted by atomic mass is 10.1. The molecule has 1 N–H and O–H groups in total. The second kappa shape index (κ2) is 8.62. The first-order valence-electron chi connectivity index (χ1n) is 8.74. The molecule has 3 rings (SSSR count). The van der Waals surface area contributed by atoms with Crippen molar-refractivity contribution in [2.45, 2.75) is 32.4 Å². The Morgan fingerprint density at radius 1 is 1.15 bits per heavy atom. The number of hydrogen-bond donors (Lipinski definition) is 1. The molecule has 1 fully saturated rings. The number of piperidine rings is 1. The molecule has 2 aromatic carbocycles. The number of alkyl halides is 2. The number of hydrogen-bond acceptors (Lipinski definition) is 3. The fraction of sp³-hybridized carbons (Fsp3) is 0.300. The van der Waals surface area contributed by atoms with E-state index in [0.717, 1.165) is 24.9 Å². The van der Waals surface area contributed by atoms with Gasteiger partial charge in [-0.15, -0.1) is 0 Å². The van der Waals surface area contributed by atoms with Gasteiger partial charge in [0.1, 0.15) is 5.75 Å². The molecule has 0 aromatic heterocycles. The van der Waals surface area contributed by atoms with Crippen LogP contribution in [0.15, 0.2) is 48.5 Å². The van der Waals surface area contributed by atoms with Crippen molar-refractivity contribution < 1.29 is 23.1 Å². The number of amides is 2. The standard InChI is InChI=1S/C20H20F2N2O3/c21-20(22)27-17-8-4-6-15(12-17)19(26)23-16-7-3-5-14(11-16)13-24-10-2-1-9-18(24)25/h3-8,11-12,20H,1-2,9-10,13H2,(H,23,26). The van der Waals surface area contributed by atoms with Crippen LogP contribution in [0.3, 0.4) is 0 Å². The van der Waals surface area contributed by atoms with E-state index in [-0.39, 0.29) is 17.2 Å². The third kappa shape index (κ3) is 5.26. The van der Waals surface area contributed by atoms with Crippen molar-refractivity contribution in [3.8, 4) is 5.75 Å². The number of nitrogens with zero attached hydrogens (tertiary/aromatic N) is 1. The van der Waals surface area contributed by atoms with Gasteiger partial charge < -0.3 is 15.0 Å². The minimum absolute atomic E-state index is 0.0741. The normalized spacial score (nSPS) is 14.3. The smallest absolute Gasteiger partial charge is 0.387 e. The van der Waals surface area contributed by atoms with Gasteiger partial charge in [0.2, 0.25) is 5.91 Å². The molecule has 0 saturated carbocycles. The Morgan fingerprint density at radius 3 is 2.74 bits per heavy atom. The average Bonchev–Trinajstić information content (AvgIpc) is 2.64. The minimum Gasteiger partial charge on any atom is -0.435 e. The Morgan fingerprint density at radius 2 is 1.96 bits per heavy atom. The number of rotatable bonds is 6. The highest BCUT2D eigenvalue weighted by Gasteiger charge is 2.18. The van der Waals surface area contributed by atoms with Gasteiger partial charge in [-0.3, -0.25) is 9.59 Å². The van der Waals surface area contributed by atoms with E-state index >= 15 is 0 Å². The summed E-state index contributed by atoms with van der Waals surface area (Å²) in [5, 5.41) is 2.74. The molecule has 27 heavy (non-hydrogen) atoms. The van der Waals surface area contributed by atoms with Crippen LogP contribution in [0.1, 0.15) is 35.2 Å². The fourth-order valence-electron chi connectivity index (χ4n) is 3.01. The first kappa shape index (κ1) is 18.8. The molecule has 1 saturated heterocycles. The van der Waals surface area contributed by atoms with Crippen molar-refractivity contribution in [3.63, 3.8) is 0 Å². The van der Waals surface area contributed by atoms with Crippen LogP contribution < -0.4 is 10.1 Å². The largest absolute Gasteiger partial charge is 0.435 e. The Kier molecular flexibility index (Phi) is 6.01. The zero-order valence-electron chi connectivity index (χ0n) is 14.7. The summed E-state index contributed by atoms with van der Waals surface area (Å²) in [7, 11) is 0. The van der Waals surface area contributed by atoms with E-state index < -0.39 is 12.5 Å². The predicted molar refractivity (Wildman–Crippen MR) is 96.7 cm³/mol. The second-order valence-electron chi connectivity index (χ2n) is 6.33. The molecular formula is C20H20F2N2O3. The lowest BCUT2D eigenvalue weighted by Crippen LogP contribution is -2.34. The van der Waals surface area contributed by atoms with Gasteiger partial charge in [-0.2, -0.15) is 8.78 Å². The summed E-state index contributed by atoms with van der Waals surface area (Å²) in [6.07, 6.45) is 2.51. The van der Waals surface area contributed by atoms with Crippen LogP contribution in [0.2, 0.25) is 0 Å². The topological polar surface area (TPSA) is 58.6 Å². The van der Waals surface area contributed by atoms with Crippen molar-refractivity contribution in [3.05, 3.63) is 59.7 Å². The summed E-state index contributed by atoms with van der Waals surface area (Å²) in [5.74, 6) is -0.359. The van der Waals surface area contributed by atoms with E-state index in [2.05, 4.69) is 10.1 Å². The van der Waals surface area contributed by atoms with Crippen molar-refractivity contribution in [1.82, 2.24) is 4.90 Å². The lowest BCUT2D eigenvalue weighted by Gasteiger charge is -2.26. The van der Waals surface area contributed by atoms with Gasteiger partial charge in [-0.1, -0.05) is 18.2 Å². The predicted octanol–water partition coefficient (Wildman–Crippen LogP) is 4.05. The zero-order valence-corrected chi connectivity index (χ0v) is 14.7. The Hall–Kier alpha value is -2.96. The first-order chi connectivity index (χ1) is 13.0. The lowest BCUT2D eigenvalue weighted by molar-refractivity contribution is -0.133. The molecule has 1 aliphatic rings. The summed E-state index contributed by atoms with van der Waals surface area (Å²) >= 11 is 0. The minimum atomic E-state index is -2.95. The molecular weight excluding hydrogens is 354 g/mol. The van der Waals surface area contributed by atoms with Gasteiger partial charge in [0.05, 0.1) is 0 Å². The van der Waals surface area contributed by atoms with Crippen LogP contribution in [0.25, 0.3) is 0 Å². The number of carbonyl (C=O) groups is 2. The number of halogens is 2. The summed E-state index contributed by atoms with van der Waals surface area (Å²) < 4.78 is 28.9.